The van der Waals surface area contributed by atoms with E-state index >= 15 is 0 Å². The number of hydrogen-bond donors (Lipinski definition) is 0. The van der Waals surface area contributed by atoms with Crippen molar-refractivity contribution in [1.29, 1.82) is 0 Å². The minimum atomic E-state index is -0.380. The quantitative estimate of drug-likeness (QED) is 0.447. The molecule has 0 unspecified atom stereocenters. The third kappa shape index (κ3) is 3.93. The molecule has 0 bridgehead atoms. The number of carbonyl (C=O) groups excluding carboxylic acids is 1. The van der Waals surface area contributed by atoms with E-state index in [1.165, 1.54) is 0 Å². The smallest absolute Gasteiger partial charge is 0.285 e. The van der Waals surface area contributed by atoms with Crippen LogP contribution in [0, 0.1) is 0 Å². The summed E-state index contributed by atoms with van der Waals surface area (Å²) in [5.74, 6) is 0.381. The Balaban J connectivity index is 2.60. The average molecular weight is 235 g/mol. The van der Waals surface area contributed by atoms with Crippen LogP contribution in [0.3, 0.4) is 0 Å². The number of ether oxygens (including phenoxy) is 1. The van der Waals surface area contributed by atoms with Crippen molar-refractivity contribution in [3.63, 3.8) is 0 Å². The predicted molar refractivity (Wildman–Crippen MR) is 66.2 cm³/mol. The highest BCUT2D eigenvalue weighted by atomic mass is 32.1. The molecule has 0 atom stereocenters. The fraction of sp³-hybridized carbons (Fsp3) is 0.333. The maximum absolute atomic E-state index is 11.3. The molecular weight excluding hydrogens is 222 g/mol. The van der Waals surface area contributed by atoms with E-state index in [0.29, 0.717) is 12.2 Å². The lowest BCUT2D eigenvalue weighted by molar-refractivity contribution is 0.100. The molecule has 1 rings (SSSR count). The Morgan fingerprint density at radius 1 is 1.44 bits per heavy atom. The molecule has 4 heteroatoms. The SMILES string of the molecule is CCCCOc1ccc(C(=O)N=C=S)cc1. The molecule has 0 N–H and O–H groups in total. The number of unbranched alkanes of at least 4 members (excludes halogenated alkanes) is 1. The summed E-state index contributed by atoms with van der Waals surface area (Å²) in [5.41, 5.74) is 0.486. The van der Waals surface area contributed by atoms with Gasteiger partial charge in [0, 0.05) is 5.56 Å². The highest BCUT2D eigenvalue weighted by Crippen LogP contribution is 2.13. The van der Waals surface area contributed by atoms with Crippen LogP contribution in [0.5, 0.6) is 5.75 Å². The van der Waals surface area contributed by atoms with Crippen molar-refractivity contribution >= 4 is 23.3 Å². The van der Waals surface area contributed by atoms with Crippen LogP contribution in [-0.2, 0) is 0 Å². The second kappa shape index (κ2) is 6.88. The Morgan fingerprint density at radius 3 is 2.69 bits per heavy atom. The van der Waals surface area contributed by atoms with Crippen LogP contribution >= 0.6 is 12.2 Å². The van der Waals surface area contributed by atoms with E-state index in [9.17, 15) is 4.79 Å². The Kier molecular flexibility index (Phi) is 5.40. The second-order valence-corrected chi connectivity index (χ2v) is 3.42. The lowest BCUT2D eigenvalue weighted by atomic mass is 10.2. The molecule has 3 nitrogen and oxygen atoms in total. The highest BCUT2D eigenvalue weighted by molar-refractivity contribution is 7.78. The van der Waals surface area contributed by atoms with Gasteiger partial charge in [-0.15, -0.1) is 0 Å². The number of aliphatic imine (C=N–C) groups is 1. The minimum absolute atomic E-state index is 0.380. The first-order valence-electron chi connectivity index (χ1n) is 5.13. The summed E-state index contributed by atoms with van der Waals surface area (Å²) in [6.45, 7) is 2.80. The van der Waals surface area contributed by atoms with E-state index in [1.54, 1.807) is 24.3 Å². The molecule has 0 saturated heterocycles. The summed E-state index contributed by atoms with van der Waals surface area (Å²) >= 11 is 4.36. The monoisotopic (exact) mass is 235 g/mol. The van der Waals surface area contributed by atoms with Gasteiger partial charge in [-0.2, -0.15) is 4.99 Å². The fourth-order valence-electron chi connectivity index (χ4n) is 1.13. The molecule has 0 aliphatic rings. The zero-order valence-electron chi connectivity index (χ0n) is 9.10. The van der Waals surface area contributed by atoms with Crippen LogP contribution in [-0.4, -0.2) is 17.7 Å². The lowest BCUT2D eigenvalue weighted by Crippen LogP contribution is -1.98. The molecule has 0 fully saturated rings. The van der Waals surface area contributed by atoms with E-state index in [0.717, 1.165) is 18.6 Å². The third-order valence-electron chi connectivity index (χ3n) is 2.02. The number of hydrogen-bond acceptors (Lipinski definition) is 3. The van der Waals surface area contributed by atoms with Crippen molar-refractivity contribution in [3.05, 3.63) is 29.8 Å². The average Bonchev–Trinajstić information content (AvgIpc) is 2.30. The maximum atomic E-state index is 11.3. The van der Waals surface area contributed by atoms with Crippen molar-refractivity contribution in [2.45, 2.75) is 19.8 Å². The van der Waals surface area contributed by atoms with Crippen LogP contribution in [0.15, 0.2) is 29.3 Å². The number of rotatable bonds is 5. The molecule has 0 aliphatic carbocycles. The molecule has 1 amide bonds. The molecule has 0 saturated carbocycles. The molecule has 0 radical (unpaired) electrons. The molecule has 1 aromatic rings. The zero-order valence-corrected chi connectivity index (χ0v) is 9.92. The lowest BCUT2D eigenvalue weighted by Gasteiger charge is -2.04. The van der Waals surface area contributed by atoms with E-state index in [1.807, 2.05) is 0 Å². The molecule has 0 aromatic heterocycles. The first-order chi connectivity index (χ1) is 7.77. The van der Waals surface area contributed by atoms with Crippen LogP contribution in [0.2, 0.25) is 0 Å². The van der Waals surface area contributed by atoms with Gasteiger partial charge in [0.1, 0.15) is 5.75 Å². The van der Waals surface area contributed by atoms with E-state index in [2.05, 4.69) is 29.3 Å². The Bertz CT molecular complexity index is 394. The van der Waals surface area contributed by atoms with Gasteiger partial charge in [0.25, 0.3) is 5.91 Å². The van der Waals surface area contributed by atoms with Crippen molar-refractivity contribution in [1.82, 2.24) is 0 Å². The highest BCUT2D eigenvalue weighted by Gasteiger charge is 2.02. The van der Waals surface area contributed by atoms with Crippen molar-refractivity contribution in [2.75, 3.05) is 6.61 Å². The number of thiocarbonyl (C=S) groups is 1. The zero-order chi connectivity index (χ0) is 11.8. The number of isothiocyanates is 1. The third-order valence-corrected chi connectivity index (χ3v) is 2.11. The second-order valence-electron chi connectivity index (χ2n) is 3.23. The standard InChI is InChI=1S/C12H13NO2S/c1-2-3-8-15-11-6-4-10(5-7-11)12(14)13-9-16/h4-7H,2-3,8H2,1H3. The number of carbonyl (C=O) groups is 1. The van der Waals surface area contributed by atoms with Crippen molar-refractivity contribution in [3.8, 4) is 5.75 Å². The van der Waals surface area contributed by atoms with Gasteiger partial charge >= 0.3 is 0 Å². The summed E-state index contributed by atoms with van der Waals surface area (Å²) in [7, 11) is 0. The molecule has 0 aliphatic heterocycles. The van der Waals surface area contributed by atoms with E-state index < -0.39 is 0 Å². The Labute approximate surface area is 100 Å². The summed E-state index contributed by atoms with van der Waals surface area (Å²) in [5, 5.41) is 2.05. The molecule has 0 spiro atoms. The van der Waals surface area contributed by atoms with Gasteiger partial charge in [-0.1, -0.05) is 13.3 Å². The summed E-state index contributed by atoms with van der Waals surface area (Å²) in [6, 6.07) is 6.84. The minimum Gasteiger partial charge on any atom is -0.494 e. The van der Waals surface area contributed by atoms with E-state index in [-0.39, 0.29) is 5.91 Å². The Morgan fingerprint density at radius 2 is 2.12 bits per heavy atom. The molecule has 84 valence electrons. The van der Waals surface area contributed by atoms with E-state index in [4.69, 9.17) is 4.74 Å². The first kappa shape index (κ1) is 12.6. The molecule has 16 heavy (non-hydrogen) atoms. The van der Waals surface area contributed by atoms with Gasteiger partial charge in [-0.25, -0.2) is 0 Å². The summed E-state index contributed by atoms with van der Waals surface area (Å²) < 4.78 is 5.46. The van der Waals surface area contributed by atoms with Gasteiger partial charge in [0.05, 0.1) is 11.8 Å². The van der Waals surface area contributed by atoms with Gasteiger partial charge in [0.2, 0.25) is 0 Å². The van der Waals surface area contributed by atoms with Gasteiger partial charge in [0.15, 0.2) is 0 Å². The number of amides is 1. The van der Waals surface area contributed by atoms with Crippen LogP contribution in [0.25, 0.3) is 0 Å². The van der Waals surface area contributed by atoms with Crippen molar-refractivity contribution in [2.24, 2.45) is 4.99 Å². The molecular formula is C12H13NO2S. The topological polar surface area (TPSA) is 38.7 Å². The number of nitrogens with zero attached hydrogens (tertiary/aromatic N) is 1. The summed E-state index contributed by atoms with van der Waals surface area (Å²) in [6.07, 6.45) is 2.12. The van der Waals surface area contributed by atoms with Crippen LogP contribution in [0.1, 0.15) is 30.1 Å². The normalized spacial score (nSPS) is 9.31. The van der Waals surface area contributed by atoms with Gasteiger partial charge in [-0.05, 0) is 42.9 Å². The fourth-order valence-corrected chi connectivity index (χ4v) is 1.22. The largest absolute Gasteiger partial charge is 0.494 e. The number of benzene rings is 1. The molecule has 1 aromatic carbocycles. The summed E-state index contributed by atoms with van der Waals surface area (Å²) in [4.78, 5) is 14.7. The maximum Gasteiger partial charge on any atom is 0.285 e. The van der Waals surface area contributed by atoms with Gasteiger partial charge in [-0.3, -0.25) is 4.79 Å². The molecule has 0 heterocycles. The van der Waals surface area contributed by atoms with Crippen LogP contribution < -0.4 is 4.74 Å². The predicted octanol–water partition coefficient (Wildman–Crippen LogP) is 3.11. The Hall–Kier alpha value is -1.51. The van der Waals surface area contributed by atoms with Crippen LogP contribution in [0.4, 0.5) is 0 Å². The van der Waals surface area contributed by atoms with Gasteiger partial charge < -0.3 is 4.74 Å². The van der Waals surface area contributed by atoms with Crippen molar-refractivity contribution < 1.29 is 9.53 Å². The first-order valence-corrected chi connectivity index (χ1v) is 5.53.